The van der Waals surface area contributed by atoms with Gasteiger partial charge in [0.25, 0.3) is 0 Å². The Morgan fingerprint density at radius 2 is 2.24 bits per heavy atom. The Morgan fingerprint density at radius 3 is 2.90 bits per heavy atom. The molecule has 0 aliphatic carbocycles. The number of halogens is 2. The zero-order valence-corrected chi connectivity index (χ0v) is 12.9. The lowest BCUT2D eigenvalue weighted by atomic mass is 10.0. The zero-order chi connectivity index (χ0) is 15.4. The van der Waals surface area contributed by atoms with E-state index in [0.29, 0.717) is 25.0 Å². The van der Waals surface area contributed by atoms with Crippen molar-refractivity contribution < 1.29 is 18.3 Å². The summed E-state index contributed by atoms with van der Waals surface area (Å²) in [4.78, 5) is 12.0. The van der Waals surface area contributed by atoms with E-state index in [1.807, 2.05) is 13.2 Å². The maximum atomic E-state index is 13.3. The lowest BCUT2D eigenvalue weighted by Crippen LogP contribution is -2.37. The van der Waals surface area contributed by atoms with E-state index in [4.69, 9.17) is 4.74 Å². The molecule has 1 fully saturated rings. The Kier molecular flexibility index (Phi) is 5.58. The number of hydrogen-bond donors (Lipinski definition) is 1. The number of carbonyl (C=O) groups excluding carboxylic acids is 1. The fourth-order valence-corrected chi connectivity index (χ4v) is 2.68. The summed E-state index contributed by atoms with van der Waals surface area (Å²) in [5, 5.41) is 3.18. The Bertz CT molecular complexity index is 512. The molecule has 1 amide bonds. The van der Waals surface area contributed by atoms with Crippen LogP contribution in [0.4, 0.5) is 8.78 Å². The largest absolute Gasteiger partial charge is 0.371 e. The maximum absolute atomic E-state index is 13.3. The van der Waals surface area contributed by atoms with Gasteiger partial charge in [-0.1, -0.05) is 13.0 Å². The molecule has 6 heteroatoms. The van der Waals surface area contributed by atoms with Crippen LogP contribution in [0.3, 0.4) is 0 Å². The summed E-state index contributed by atoms with van der Waals surface area (Å²) < 4.78 is 31.9. The van der Waals surface area contributed by atoms with Crippen LogP contribution in [0.15, 0.2) is 18.2 Å². The second-order valence-electron chi connectivity index (χ2n) is 5.18. The fourth-order valence-electron chi connectivity index (χ4n) is 2.37. The van der Waals surface area contributed by atoms with Crippen LogP contribution in [0, 0.1) is 11.6 Å². The highest BCUT2D eigenvalue weighted by Gasteiger charge is 2.31. The second-order valence-corrected chi connectivity index (χ2v) is 6.45. The van der Waals surface area contributed by atoms with E-state index >= 15 is 0 Å². The lowest BCUT2D eigenvalue weighted by molar-refractivity contribution is -0.122. The highest BCUT2D eigenvalue weighted by Crippen LogP contribution is 2.30. The van der Waals surface area contributed by atoms with Crippen LogP contribution in [0.25, 0.3) is 0 Å². The topological polar surface area (TPSA) is 38.3 Å². The first-order chi connectivity index (χ1) is 10.0. The third-order valence-electron chi connectivity index (χ3n) is 3.59. The van der Waals surface area contributed by atoms with Crippen molar-refractivity contribution in [2.24, 2.45) is 0 Å². The van der Waals surface area contributed by atoms with Crippen LogP contribution in [0.5, 0.6) is 0 Å². The normalized spacial score (nSPS) is 23.0. The molecular weight excluding hydrogens is 296 g/mol. The van der Waals surface area contributed by atoms with E-state index < -0.39 is 17.7 Å². The monoisotopic (exact) mass is 315 g/mol. The number of rotatable bonds is 5. The molecule has 1 unspecified atom stereocenters. The average Bonchev–Trinajstić information content (AvgIpc) is 2.89. The van der Waals surface area contributed by atoms with Gasteiger partial charge in [0.1, 0.15) is 6.10 Å². The summed E-state index contributed by atoms with van der Waals surface area (Å²) >= 11 is 1.63. The van der Waals surface area contributed by atoms with Crippen LogP contribution < -0.4 is 5.32 Å². The van der Waals surface area contributed by atoms with Crippen LogP contribution in [0.2, 0.25) is 0 Å². The number of amides is 1. The molecule has 1 aliphatic rings. The van der Waals surface area contributed by atoms with Gasteiger partial charge < -0.3 is 10.1 Å². The first-order valence-electron chi connectivity index (χ1n) is 6.90. The van der Waals surface area contributed by atoms with Crippen molar-refractivity contribution in [3.8, 4) is 0 Å². The molecule has 1 aliphatic heterocycles. The van der Waals surface area contributed by atoms with Crippen LogP contribution in [-0.2, 0) is 9.53 Å². The van der Waals surface area contributed by atoms with Gasteiger partial charge in [-0.05, 0) is 30.4 Å². The van der Waals surface area contributed by atoms with Gasteiger partial charge in [-0.25, -0.2) is 8.78 Å². The summed E-state index contributed by atoms with van der Waals surface area (Å²) in [6.45, 7) is 2.48. The molecule has 116 valence electrons. The van der Waals surface area contributed by atoms with E-state index in [9.17, 15) is 13.6 Å². The summed E-state index contributed by atoms with van der Waals surface area (Å²) in [5.74, 6) is -1.82. The summed E-state index contributed by atoms with van der Waals surface area (Å²) in [7, 11) is 0. The number of thioether (sulfide) groups is 1. The minimum atomic E-state index is -0.899. The standard InChI is InChI=1S/C15H19F2NO2S/c1-9(21-2)7-14(19)18-13-5-6-20-15(13)10-3-4-11(16)12(17)8-10/h3-4,8-9,13,15H,5-7H2,1-2H3,(H,18,19)/t9?,13-,15+/m1/s1. The molecular formula is C15H19F2NO2S. The number of ether oxygens (including phenoxy) is 1. The molecule has 2 rings (SSSR count). The SMILES string of the molecule is CSC(C)CC(=O)N[C@@H]1CCO[C@H]1c1ccc(F)c(F)c1. The van der Waals surface area contributed by atoms with Crippen LogP contribution >= 0.6 is 11.8 Å². The van der Waals surface area contributed by atoms with E-state index in [1.54, 1.807) is 11.8 Å². The minimum Gasteiger partial charge on any atom is -0.371 e. The molecule has 1 N–H and O–H groups in total. The molecule has 3 nitrogen and oxygen atoms in total. The van der Waals surface area contributed by atoms with Gasteiger partial charge in [-0.3, -0.25) is 4.79 Å². The lowest BCUT2D eigenvalue weighted by Gasteiger charge is -2.21. The molecule has 0 bridgehead atoms. The molecule has 1 aromatic carbocycles. The van der Waals surface area contributed by atoms with Gasteiger partial charge in [0.05, 0.1) is 6.04 Å². The van der Waals surface area contributed by atoms with Crippen LogP contribution in [0.1, 0.15) is 31.4 Å². The van der Waals surface area contributed by atoms with Gasteiger partial charge in [0, 0.05) is 18.3 Å². The van der Waals surface area contributed by atoms with Gasteiger partial charge >= 0.3 is 0 Å². The highest BCUT2D eigenvalue weighted by atomic mass is 32.2. The molecule has 1 saturated heterocycles. The van der Waals surface area contributed by atoms with Crippen molar-refractivity contribution in [2.75, 3.05) is 12.9 Å². The molecule has 0 radical (unpaired) electrons. The predicted octanol–water partition coefficient (Wildman–Crippen LogP) is 3.05. The van der Waals surface area contributed by atoms with Crippen LogP contribution in [-0.4, -0.2) is 30.1 Å². The molecule has 0 saturated carbocycles. The van der Waals surface area contributed by atoms with E-state index in [-0.39, 0.29) is 17.2 Å². The number of carbonyl (C=O) groups is 1. The van der Waals surface area contributed by atoms with Crippen molar-refractivity contribution in [1.82, 2.24) is 5.32 Å². The number of benzene rings is 1. The molecule has 1 heterocycles. The Morgan fingerprint density at radius 1 is 1.48 bits per heavy atom. The van der Waals surface area contributed by atoms with Crippen molar-refractivity contribution in [1.29, 1.82) is 0 Å². The Balaban J connectivity index is 2.03. The van der Waals surface area contributed by atoms with Crippen molar-refractivity contribution in [3.63, 3.8) is 0 Å². The molecule has 3 atom stereocenters. The van der Waals surface area contributed by atoms with E-state index in [0.717, 1.165) is 12.1 Å². The highest BCUT2D eigenvalue weighted by molar-refractivity contribution is 7.99. The number of nitrogens with one attached hydrogen (secondary N) is 1. The summed E-state index contributed by atoms with van der Waals surface area (Å²) in [6.07, 6.45) is 2.64. The van der Waals surface area contributed by atoms with Crippen molar-refractivity contribution >= 4 is 17.7 Å². The molecule has 0 spiro atoms. The molecule has 21 heavy (non-hydrogen) atoms. The van der Waals surface area contributed by atoms with Crippen molar-refractivity contribution in [2.45, 2.75) is 37.2 Å². The summed E-state index contributed by atoms with van der Waals surface area (Å²) in [6, 6.07) is 3.52. The smallest absolute Gasteiger partial charge is 0.221 e. The fraction of sp³-hybridized carbons (Fsp3) is 0.533. The van der Waals surface area contributed by atoms with E-state index in [2.05, 4.69) is 5.32 Å². The summed E-state index contributed by atoms with van der Waals surface area (Å²) in [5.41, 5.74) is 0.551. The zero-order valence-electron chi connectivity index (χ0n) is 12.1. The number of hydrogen-bond acceptors (Lipinski definition) is 3. The predicted molar refractivity (Wildman–Crippen MR) is 79.2 cm³/mol. The second kappa shape index (κ2) is 7.22. The quantitative estimate of drug-likeness (QED) is 0.907. The third-order valence-corrected chi connectivity index (χ3v) is 4.56. The first-order valence-corrected chi connectivity index (χ1v) is 8.18. The van der Waals surface area contributed by atoms with Gasteiger partial charge in [-0.15, -0.1) is 0 Å². The van der Waals surface area contributed by atoms with E-state index in [1.165, 1.54) is 6.07 Å². The Hall–Kier alpha value is -1.14. The minimum absolute atomic E-state index is 0.0417. The average molecular weight is 315 g/mol. The van der Waals surface area contributed by atoms with Crippen molar-refractivity contribution in [3.05, 3.63) is 35.4 Å². The first kappa shape index (κ1) is 16.2. The maximum Gasteiger partial charge on any atom is 0.221 e. The Labute approximate surface area is 127 Å². The van der Waals surface area contributed by atoms with Gasteiger partial charge in [0.2, 0.25) is 5.91 Å². The van der Waals surface area contributed by atoms with Gasteiger partial charge in [0.15, 0.2) is 11.6 Å². The van der Waals surface area contributed by atoms with Gasteiger partial charge in [-0.2, -0.15) is 11.8 Å². The molecule has 0 aromatic heterocycles. The third kappa shape index (κ3) is 4.17. The molecule has 1 aromatic rings.